The van der Waals surface area contributed by atoms with Crippen LogP contribution in [0.4, 0.5) is 4.79 Å². The second-order valence-corrected chi connectivity index (χ2v) is 6.33. The normalized spacial score (nSPS) is 16.9. The summed E-state index contributed by atoms with van der Waals surface area (Å²) in [7, 11) is 0. The highest BCUT2D eigenvalue weighted by Gasteiger charge is 2.35. The summed E-state index contributed by atoms with van der Waals surface area (Å²) in [6, 6.07) is 12.1. The standard InChI is InChI=1S/C17H23N5O/c1-11(2)21-17(23)22(12(3)4)20-16(19-21)15-10-9-13-7-5-6-8-14(13)18-15/h5-12,16,19-20H,1-4H3. The van der Waals surface area contributed by atoms with E-state index in [0.29, 0.717) is 0 Å². The molecule has 122 valence electrons. The molecule has 0 atom stereocenters. The van der Waals surface area contributed by atoms with Gasteiger partial charge in [-0.25, -0.2) is 20.6 Å². The predicted molar refractivity (Wildman–Crippen MR) is 90.1 cm³/mol. The van der Waals surface area contributed by atoms with Crippen LogP contribution in [-0.4, -0.2) is 33.1 Å². The van der Waals surface area contributed by atoms with Crippen molar-refractivity contribution in [2.75, 3.05) is 0 Å². The van der Waals surface area contributed by atoms with E-state index in [0.717, 1.165) is 16.6 Å². The van der Waals surface area contributed by atoms with Gasteiger partial charge in [-0.1, -0.05) is 24.3 Å². The molecule has 2 heterocycles. The van der Waals surface area contributed by atoms with E-state index in [1.807, 2.05) is 58.0 Å². The second kappa shape index (κ2) is 6.14. The Hall–Kier alpha value is -2.18. The topological polar surface area (TPSA) is 60.5 Å². The van der Waals surface area contributed by atoms with Crippen LogP contribution in [0.5, 0.6) is 0 Å². The van der Waals surface area contributed by atoms with Gasteiger partial charge in [0.1, 0.15) is 6.17 Å². The third kappa shape index (κ3) is 3.00. The smallest absolute Gasteiger partial charge is 0.254 e. The highest BCUT2D eigenvalue weighted by molar-refractivity contribution is 5.78. The molecule has 0 unspecified atom stereocenters. The molecule has 1 aliphatic heterocycles. The van der Waals surface area contributed by atoms with Crippen LogP contribution in [0.25, 0.3) is 10.9 Å². The van der Waals surface area contributed by atoms with E-state index >= 15 is 0 Å². The van der Waals surface area contributed by atoms with Crippen LogP contribution in [0.3, 0.4) is 0 Å². The van der Waals surface area contributed by atoms with Gasteiger partial charge < -0.3 is 0 Å². The zero-order valence-corrected chi connectivity index (χ0v) is 13.9. The number of hydrazine groups is 2. The summed E-state index contributed by atoms with van der Waals surface area (Å²) < 4.78 is 0. The molecule has 23 heavy (non-hydrogen) atoms. The first-order valence-electron chi connectivity index (χ1n) is 7.98. The number of carbonyl (C=O) groups excluding carboxylic acids is 1. The molecule has 1 aromatic heterocycles. The lowest BCUT2D eigenvalue weighted by Crippen LogP contribution is -2.68. The fourth-order valence-corrected chi connectivity index (χ4v) is 2.65. The maximum Gasteiger partial charge on any atom is 0.349 e. The summed E-state index contributed by atoms with van der Waals surface area (Å²) in [5, 5.41) is 4.40. The van der Waals surface area contributed by atoms with Gasteiger partial charge in [0.15, 0.2) is 0 Å². The van der Waals surface area contributed by atoms with Crippen LogP contribution < -0.4 is 10.9 Å². The molecule has 0 spiro atoms. The SMILES string of the molecule is CC(C)N1NC(c2ccc3ccccc3n2)NN(C(C)C)C1=O. The van der Waals surface area contributed by atoms with E-state index in [2.05, 4.69) is 16.9 Å². The molecule has 1 aromatic carbocycles. The Labute approximate surface area is 136 Å². The van der Waals surface area contributed by atoms with Gasteiger partial charge in [0.25, 0.3) is 0 Å². The van der Waals surface area contributed by atoms with E-state index < -0.39 is 0 Å². The van der Waals surface area contributed by atoms with Crippen LogP contribution in [-0.2, 0) is 0 Å². The molecule has 0 radical (unpaired) electrons. The highest BCUT2D eigenvalue weighted by Crippen LogP contribution is 2.20. The van der Waals surface area contributed by atoms with Gasteiger partial charge in [0, 0.05) is 17.5 Å². The Morgan fingerprint density at radius 3 is 2.17 bits per heavy atom. The average molecular weight is 313 g/mol. The molecule has 3 rings (SSSR count). The summed E-state index contributed by atoms with van der Waals surface area (Å²) in [6.45, 7) is 7.94. The van der Waals surface area contributed by atoms with Crippen molar-refractivity contribution < 1.29 is 4.79 Å². The minimum absolute atomic E-state index is 0.0498. The Balaban J connectivity index is 1.94. The first-order valence-corrected chi connectivity index (χ1v) is 7.98. The molecular formula is C17H23N5O. The quantitative estimate of drug-likeness (QED) is 0.915. The van der Waals surface area contributed by atoms with Gasteiger partial charge in [-0.05, 0) is 39.8 Å². The number of amides is 2. The summed E-state index contributed by atoms with van der Waals surface area (Å²) in [5.74, 6) is 0. The Morgan fingerprint density at radius 2 is 1.57 bits per heavy atom. The molecule has 0 saturated carbocycles. The van der Waals surface area contributed by atoms with Crippen LogP contribution in [0.1, 0.15) is 39.6 Å². The highest BCUT2D eigenvalue weighted by atomic mass is 16.2. The fourth-order valence-electron chi connectivity index (χ4n) is 2.65. The number of rotatable bonds is 3. The summed E-state index contributed by atoms with van der Waals surface area (Å²) in [4.78, 5) is 17.2. The van der Waals surface area contributed by atoms with E-state index in [-0.39, 0.29) is 24.3 Å². The van der Waals surface area contributed by atoms with Crippen LogP contribution in [0.15, 0.2) is 36.4 Å². The van der Waals surface area contributed by atoms with Crippen molar-refractivity contribution in [2.24, 2.45) is 0 Å². The van der Waals surface area contributed by atoms with Crippen LogP contribution in [0, 0.1) is 0 Å². The number of para-hydroxylation sites is 1. The van der Waals surface area contributed by atoms with Crippen molar-refractivity contribution in [1.29, 1.82) is 0 Å². The van der Waals surface area contributed by atoms with Crippen molar-refractivity contribution in [2.45, 2.75) is 45.9 Å². The maximum atomic E-state index is 12.5. The first-order chi connectivity index (χ1) is 11.0. The summed E-state index contributed by atoms with van der Waals surface area (Å²) in [6.07, 6.45) is -0.248. The van der Waals surface area contributed by atoms with Crippen molar-refractivity contribution >= 4 is 16.9 Å². The molecule has 2 amide bonds. The van der Waals surface area contributed by atoms with Crippen molar-refractivity contribution in [3.8, 4) is 0 Å². The average Bonchev–Trinajstić information content (AvgIpc) is 2.54. The number of carbonyl (C=O) groups is 1. The van der Waals surface area contributed by atoms with Gasteiger partial charge in [-0.2, -0.15) is 0 Å². The van der Waals surface area contributed by atoms with Gasteiger partial charge in [0.2, 0.25) is 0 Å². The lowest BCUT2D eigenvalue weighted by atomic mass is 10.2. The number of aromatic nitrogens is 1. The zero-order valence-electron chi connectivity index (χ0n) is 13.9. The molecule has 2 aromatic rings. The molecule has 1 fully saturated rings. The van der Waals surface area contributed by atoms with Crippen molar-refractivity contribution in [3.05, 3.63) is 42.1 Å². The summed E-state index contributed by atoms with van der Waals surface area (Å²) >= 11 is 0. The molecule has 0 aliphatic carbocycles. The van der Waals surface area contributed by atoms with Gasteiger partial charge >= 0.3 is 6.03 Å². The molecule has 1 saturated heterocycles. The molecule has 0 bridgehead atoms. The molecule has 6 heteroatoms. The third-order valence-corrected chi connectivity index (χ3v) is 3.90. The van der Waals surface area contributed by atoms with Crippen molar-refractivity contribution in [1.82, 2.24) is 25.9 Å². The first kappa shape index (κ1) is 15.7. The number of hydrogen-bond donors (Lipinski definition) is 2. The lowest BCUT2D eigenvalue weighted by Gasteiger charge is -2.44. The number of hydrogen-bond acceptors (Lipinski definition) is 4. The van der Waals surface area contributed by atoms with E-state index in [4.69, 9.17) is 4.98 Å². The minimum Gasteiger partial charge on any atom is -0.254 e. The number of benzene rings is 1. The van der Waals surface area contributed by atoms with E-state index in [1.165, 1.54) is 0 Å². The lowest BCUT2D eigenvalue weighted by molar-refractivity contribution is 0.00275. The molecule has 6 nitrogen and oxygen atoms in total. The molecule has 1 aliphatic rings. The number of fused-ring (bicyclic) bond motifs is 1. The predicted octanol–water partition coefficient (Wildman–Crippen LogP) is 2.80. The number of nitrogens with zero attached hydrogens (tertiary/aromatic N) is 3. The van der Waals surface area contributed by atoms with Crippen LogP contribution in [0.2, 0.25) is 0 Å². The third-order valence-electron chi connectivity index (χ3n) is 3.90. The maximum absolute atomic E-state index is 12.5. The van der Waals surface area contributed by atoms with E-state index in [1.54, 1.807) is 10.0 Å². The monoisotopic (exact) mass is 313 g/mol. The Bertz CT molecular complexity index is 695. The second-order valence-electron chi connectivity index (χ2n) is 6.33. The molecular weight excluding hydrogens is 290 g/mol. The Kier molecular flexibility index (Phi) is 4.19. The molecule has 2 N–H and O–H groups in total. The number of pyridine rings is 1. The largest absolute Gasteiger partial charge is 0.349 e. The van der Waals surface area contributed by atoms with Crippen LogP contribution >= 0.6 is 0 Å². The van der Waals surface area contributed by atoms with Gasteiger partial charge in [0.05, 0.1) is 11.2 Å². The van der Waals surface area contributed by atoms with E-state index in [9.17, 15) is 4.79 Å². The fraction of sp³-hybridized carbons (Fsp3) is 0.412. The number of nitrogens with one attached hydrogen (secondary N) is 2. The minimum atomic E-state index is -0.248. The number of urea groups is 1. The zero-order chi connectivity index (χ0) is 16.6. The van der Waals surface area contributed by atoms with Gasteiger partial charge in [-0.3, -0.25) is 10.0 Å². The van der Waals surface area contributed by atoms with Gasteiger partial charge in [-0.15, -0.1) is 0 Å². The van der Waals surface area contributed by atoms with Crippen molar-refractivity contribution in [3.63, 3.8) is 0 Å². The Morgan fingerprint density at radius 1 is 0.957 bits per heavy atom. The summed E-state index contributed by atoms with van der Waals surface area (Å²) in [5.41, 5.74) is 8.27.